The topological polar surface area (TPSA) is 61.7 Å². The van der Waals surface area contributed by atoms with Crippen molar-refractivity contribution in [1.82, 2.24) is 14.9 Å². The van der Waals surface area contributed by atoms with E-state index in [0.717, 1.165) is 5.56 Å². The quantitative estimate of drug-likeness (QED) is 0.790. The number of rotatable bonds is 4. The van der Waals surface area contributed by atoms with Gasteiger partial charge in [-0.25, -0.2) is 9.97 Å². The maximum Gasteiger partial charge on any atom is 0.401 e. The predicted octanol–water partition coefficient (Wildman–Crippen LogP) is 3.64. The molecule has 1 aromatic heterocycles. The van der Waals surface area contributed by atoms with Crippen LogP contribution in [0, 0.1) is 0 Å². The third kappa shape index (κ3) is 4.83. The van der Waals surface area contributed by atoms with Crippen LogP contribution in [0.25, 0.3) is 0 Å². The zero-order valence-corrected chi connectivity index (χ0v) is 17.6. The van der Waals surface area contributed by atoms with Crippen LogP contribution < -0.4 is 4.90 Å². The first-order valence-electron chi connectivity index (χ1n) is 10.4. The van der Waals surface area contributed by atoms with Crippen LogP contribution in [-0.4, -0.2) is 58.1 Å². The number of benzene rings is 1. The number of aliphatic hydroxyl groups is 1. The molecule has 2 aliphatic heterocycles. The summed E-state index contributed by atoms with van der Waals surface area (Å²) in [7, 11) is 0. The molecule has 168 valence electrons. The number of alkyl halides is 3. The molecule has 0 bridgehead atoms. The van der Waals surface area contributed by atoms with Gasteiger partial charge in [0, 0.05) is 19.2 Å². The number of hydrogen-bond acceptors (Lipinski definition) is 6. The van der Waals surface area contributed by atoms with Crippen molar-refractivity contribution in [2.75, 3.05) is 31.1 Å². The Balaban J connectivity index is 1.51. The average Bonchev–Trinajstić information content (AvgIpc) is 3.05. The zero-order valence-electron chi connectivity index (χ0n) is 17.6. The number of aromatic nitrogens is 2. The van der Waals surface area contributed by atoms with Crippen LogP contribution in [0.3, 0.4) is 0 Å². The molecule has 1 N–H and O–H groups in total. The highest BCUT2D eigenvalue weighted by atomic mass is 19.4. The minimum atomic E-state index is -4.24. The number of hydrogen-bond donors (Lipinski definition) is 1. The molecule has 0 radical (unpaired) electrons. The first-order chi connectivity index (χ1) is 14.6. The summed E-state index contributed by atoms with van der Waals surface area (Å²) < 4.78 is 44.3. The summed E-state index contributed by atoms with van der Waals surface area (Å²) in [4.78, 5) is 12.0. The van der Waals surface area contributed by atoms with Crippen molar-refractivity contribution < 1.29 is 23.0 Å². The van der Waals surface area contributed by atoms with Crippen molar-refractivity contribution in [3.8, 4) is 0 Å². The highest BCUT2D eigenvalue weighted by Crippen LogP contribution is 2.40. The summed E-state index contributed by atoms with van der Waals surface area (Å²) in [5, 5.41) is 11.1. The lowest BCUT2D eigenvalue weighted by atomic mass is 9.88. The van der Waals surface area contributed by atoms with Crippen molar-refractivity contribution in [3.63, 3.8) is 0 Å². The Kier molecular flexibility index (Phi) is 5.70. The monoisotopic (exact) mass is 436 g/mol. The summed E-state index contributed by atoms with van der Waals surface area (Å²) in [6.45, 7) is 3.86. The average molecular weight is 436 g/mol. The van der Waals surface area contributed by atoms with Gasteiger partial charge in [0.25, 0.3) is 0 Å². The summed E-state index contributed by atoms with van der Waals surface area (Å²) in [6, 6.07) is 11.7. The molecule has 0 aliphatic carbocycles. The molecule has 9 heteroatoms. The molecule has 0 saturated carbocycles. The minimum Gasteiger partial charge on any atom is -0.383 e. The Morgan fingerprint density at radius 1 is 1.13 bits per heavy atom. The Hall–Kier alpha value is -2.23. The SMILES string of the molecule is CC1(C)O[C@H](c2ccccc2)CN1c1cc(C2(O)CCN(CC(F)(F)F)CC2)ncn1. The van der Waals surface area contributed by atoms with Gasteiger partial charge in [0.1, 0.15) is 29.6 Å². The lowest BCUT2D eigenvalue weighted by molar-refractivity contribution is -0.155. The largest absolute Gasteiger partial charge is 0.401 e. The molecule has 2 aromatic rings. The molecule has 3 heterocycles. The number of anilines is 1. The maximum atomic E-state index is 12.7. The number of ether oxygens (including phenoxy) is 1. The van der Waals surface area contributed by atoms with Gasteiger partial charge in [0.05, 0.1) is 18.8 Å². The number of piperidine rings is 1. The van der Waals surface area contributed by atoms with E-state index in [1.54, 1.807) is 6.07 Å². The number of nitrogens with zero attached hydrogens (tertiary/aromatic N) is 4. The minimum absolute atomic E-state index is 0.122. The normalized spacial score (nSPS) is 23.8. The molecule has 4 rings (SSSR count). The first-order valence-corrected chi connectivity index (χ1v) is 10.4. The van der Waals surface area contributed by atoms with Crippen molar-refractivity contribution in [2.45, 2.75) is 50.3 Å². The van der Waals surface area contributed by atoms with Gasteiger partial charge >= 0.3 is 6.18 Å². The highest BCUT2D eigenvalue weighted by molar-refractivity contribution is 5.44. The van der Waals surface area contributed by atoms with Crippen molar-refractivity contribution in [1.29, 1.82) is 0 Å². The lowest BCUT2D eigenvalue weighted by Crippen LogP contribution is -2.46. The molecule has 31 heavy (non-hydrogen) atoms. The Morgan fingerprint density at radius 3 is 2.45 bits per heavy atom. The van der Waals surface area contributed by atoms with Crippen LogP contribution in [0.5, 0.6) is 0 Å². The lowest BCUT2D eigenvalue weighted by Gasteiger charge is -2.38. The molecule has 0 amide bonds. The van der Waals surface area contributed by atoms with E-state index < -0.39 is 24.0 Å². The smallest absolute Gasteiger partial charge is 0.383 e. The van der Waals surface area contributed by atoms with Gasteiger partial charge in [-0.1, -0.05) is 30.3 Å². The van der Waals surface area contributed by atoms with E-state index in [1.807, 2.05) is 49.1 Å². The van der Waals surface area contributed by atoms with Gasteiger partial charge in [0.15, 0.2) is 0 Å². The molecule has 0 spiro atoms. The first kappa shape index (κ1) is 22.0. The Bertz CT molecular complexity index is 899. The van der Waals surface area contributed by atoms with E-state index >= 15 is 0 Å². The molecular weight excluding hydrogens is 409 g/mol. The van der Waals surface area contributed by atoms with Gasteiger partial charge in [-0.15, -0.1) is 0 Å². The predicted molar refractivity (Wildman–Crippen MR) is 109 cm³/mol. The van der Waals surface area contributed by atoms with Crippen LogP contribution in [-0.2, 0) is 10.3 Å². The van der Waals surface area contributed by atoms with Crippen LogP contribution in [0.15, 0.2) is 42.7 Å². The van der Waals surface area contributed by atoms with Crippen LogP contribution in [0.2, 0.25) is 0 Å². The van der Waals surface area contributed by atoms with E-state index in [1.165, 1.54) is 11.2 Å². The van der Waals surface area contributed by atoms with Gasteiger partial charge in [-0.05, 0) is 32.3 Å². The molecule has 2 fully saturated rings. The second-order valence-corrected chi connectivity index (χ2v) is 8.76. The van der Waals surface area contributed by atoms with Crippen LogP contribution in [0.1, 0.15) is 44.1 Å². The third-order valence-corrected chi connectivity index (χ3v) is 6.09. The number of likely N-dealkylation sites (tertiary alicyclic amines) is 1. The van der Waals surface area contributed by atoms with Crippen LogP contribution >= 0.6 is 0 Å². The fourth-order valence-corrected chi connectivity index (χ4v) is 4.39. The second-order valence-electron chi connectivity index (χ2n) is 8.76. The van der Waals surface area contributed by atoms with Gasteiger partial charge in [0.2, 0.25) is 0 Å². The molecule has 2 aliphatic rings. The molecular formula is C22H27F3N4O2. The maximum absolute atomic E-state index is 12.7. The zero-order chi connectivity index (χ0) is 22.3. The summed E-state index contributed by atoms with van der Waals surface area (Å²) in [5.74, 6) is 0.625. The fourth-order valence-electron chi connectivity index (χ4n) is 4.39. The second kappa shape index (κ2) is 8.03. The Morgan fingerprint density at radius 2 is 1.81 bits per heavy atom. The van der Waals surface area contributed by atoms with Crippen molar-refractivity contribution >= 4 is 5.82 Å². The standard InChI is InChI=1S/C22H27F3N4O2/c1-20(2)29(13-17(31-20)16-6-4-3-5-7-16)19-12-18(26-15-27-19)21(30)8-10-28(11-9-21)14-22(23,24)25/h3-7,12,15,17,30H,8-11,13-14H2,1-2H3/t17-/m0/s1. The van der Waals surface area contributed by atoms with Crippen LogP contribution in [0.4, 0.5) is 19.0 Å². The summed E-state index contributed by atoms with van der Waals surface area (Å²) in [6.07, 6.45) is -2.59. The van der Waals surface area contributed by atoms with Crippen molar-refractivity contribution in [2.24, 2.45) is 0 Å². The Labute approximate surface area is 179 Å². The summed E-state index contributed by atoms with van der Waals surface area (Å²) in [5.41, 5.74) is -0.389. The van der Waals surface area contributed by atoms with Gasteiger partial charge in [-0.3, -0.25) is 4.90 Å². The van der Waals surface area contributed by atoms with Crippen molar-refractivity contribution in [3.05, 3.63) is 54.0 Å². The molecule has 0 unspecified atom stereocenters. The summed E-state index contributed by atoms with van der Waals surface area (Å²) >= 11 is 0. The molecule has 6 nitrogen and oxygen atoms in total. The molecule has 1 atom stereocenters. The van der Waals surface area contributed by atoms with E-state index in [-0.39, 0.29) is 32.0 Å². The fraction of sp³-hybridized carbons (Fsp3) is 0.545. The van der Waals surface area contributed by atoms with E-state index in [0.29, 0.717) is 18.1 Å². The van der Waals surface area contributed by atoms with E-state index in [9.17, 15) is 18.3 Å². The van der Waals surface area contributed by atoms with E-state index in [4.69, 9.17) is 4.74 Å². The van der Waals surface area contributed by atoms with E-state index in [2.05, 4.69) is 9.97 Å². The molecule has 1 aromatic carbocycles. The van der Waals surface area contributed by atoms with Gasteiger partial charge < -0.3 is 14.7 Å². The third-order valence-electron chi connectivity index (χ3n) is 6.09. The molecule has 2 saturated heterocycles. The number of halogens is 3. The highest BCUT2D eigenvalue weighted by Gasteiger charge is 2.43. The van der Waals surface area contributed by atoms with Gasteiger partial charge in [-0.2, -0.15) is 13.2 Å².